The summed E-state index contributed by atoms with van der Waals surface area (Å²) in [4.78, 5) is 2.38. The van der Waals surface area contributed by atoms with E-state index in [-0.39, 0.29) is 0 Å². The van der Waals surface area contributed by atoms with Gasteiger partial charge in [-0.15, -0.1) is 0 Å². The van der Waals surface area contributed by atoms with E-state index in [1.165, 1.54) is 12.8 Å². The predicted molar refractivity (Wildman–Crippen MR) is 55.2 cm³/mol. The zero-order valence-corrected chi connectivity index (χ0v) is 9.25. The van der Waals surface area contributed by atoms with E-state index >= 15 is 0 Å². The molecule has 0 radical (unpaired) electrons. The van der Waals surface area contributed by atoms with Crippen molar-refractivity contribution in [1.82, 2.24) is 4.90 Å². The first kappa shape index (κ1) is 10.4. The molecule has 0 spiro atoms. The van der Waals surface area contributed by atoms with Crippen LogP contribution < -0.4 is 0 Å². The highest BCUT2D eigenvalue weighted by molar-refractivity contribution is 4.98. The SMILES string of the molecule is COCC1(CN2CCC(C)(O)C2)CC1. The summed E-state index contributed by atoms with van der Waals surface area (Å²) < 4.78 is 5.24. The van der Waals surface area contributed by atoms with Crippen molar-refractivity contribution in [3.8, 4) is 0 Å². The fraction of sp³-hybridized carbons (Fsp3) is 1.00. The van der Waals surface area contributed by atoms with Crippen molar-refractivity contribution >= 4 is 0 Å². The number of methoxy groups -OCH3 is 1. The van der Waals surface area contributed by atoms with Crippen molar-refractivity contribution in [3.05, 3.63) is 0 Å². The summed E-state index contributed by atoms with van der Waals surface area (Å²) >= 11 is 0. The van der Waals surface area contributed by atoms with Crippen LogP contribution in [0.4, 0.5) is 0 Å². The monoisotopic (exact) mass is 199 g/mol. The van der Waals surface area contributed by atoms with Crippen LogP contribution >= 0.6 is 0 Å². The van der Waals surface area contributed by atoms with Crippen molar-refractivity contribution in [3.63, 3.8) is 0 Å². The van der Waals surface area contributed by atoms with Crippen LogP contribution in [-0.4, -0.2) is 49.0 Å². The largest absolute Gasteiger partial charge is 0.389 e. The number of nitrogens with zero attached hydrogens (tertiary/aromatic N) is 1. The third-order valence-corrected chi connectivity index (χ3v) is 3.50. The van der Waals surface area contributed by atoms with Gasteiger partial charge in [0.05, 0.1) is 12.2 Å². The summed E-state index contributed by atoms with van der Waals surface area (Å²) in [5.74, 6) is 0. The predicted octanol–water partition coefficient (Wildman–Crippen LogP) is 0.870. The molecule has 0 aromatic rings. The molecule has 0 bridgehead atoms. The van der Waals surface area contributed by atoms with E-state index in [1.807, 2.05) is 6.92 Å². The van der Waals surface area contributed by atoms with Crippen LogP contribution in [0.5, 0.6) is 0 Å². The molecule has 1 aliphatic carbocycles. The zero-order chi connectivity index (χ0) is 10.2. The average Bonchev–Trinajstić information content (AvgIpc) is 2.73. The number of rotatable bonds is 4. The third kappa shape index (κ3) is 2.27. The second-order valence-electron chi connectivity index (χ2n) is 5.39. The number of likely N-dealkylation sites (tertiary alicyclic amines) is 1. The molecular weight excluding hydrogens is 178 g/mol. The molecule has 2 fully saturated rings. The molecule has 82 valence electrons. The van der Waals surface area contributed by atoms with Gasteiger partial charge in [0.1, 0.15) is 0 Å². The van der Waals surface area contributed by atoms with Crippen molar-refractivity contribution in [1.29, 1.82) is 0 Å². The molecule has 14 heavy (non-hydrogen) atoms. The molecule has 0 aromatic carbocycles. The summed E-state index contributed by atoms with van der Waals surface area (Å²) in [5, 5.41) is 9.84. The lowest BCUT2D eigenvalue weighted by molar-refractivity contribution is 0.0597. The summed E-state index contributed by atoms with van der Waals surface area (Å²) in [6.45, 7) is 5.79. The molecule has 1 heterocycles. The summed E-state index contributed by atoms with van der Waals surface area (Å²) in [7, 11) is 1.78. The van der Waals surface area contributed by atoms with Gasteiger partial charge in [-0.25, -0.2) is 0 Å². The van der Waals surface area contributed by atoms with Gasteiger partial charge in [-0.3, -0.25) is 4.90 Å². The van der Waals surface area contributed by atoms with Crippen molar-refractivity contribution in [2.24, 2.45) is 5.41 Å². The van der Waals surface area contributed by atoms with Crippen LogP contribution in [0, 0.1) is 5.41 Å². The number of hydrogen-bond donors (Lipinski definition) is 1. The highest BCUT2D eigenvalue weighted by atomic mass is 16.5. The minimum atomic E-state index is -0.455. The van der Waals surface area contributed by atoms with E-state index in [2.05, 4.69) is 4.90 Å². The van der Waals surface area contributed by atoms with E-state index < -0.39 is 5.60 Å². The Morgan fingerprint density at radius 1 is 1.36 bits per heavy atom. The second kappa shape index (κ2) is 3.47. The minimum absolute atomic E-state index is 0.426. The molecule has 1 saturated heterocycles. The van der Waals surface area contributed by atoms with Gasteiger partial charge in [-0.1, -0.05) is 0 Å². The van der Waals surface area contributed by atoms with Crippen LogP contribution in [0.25, 0.3) is 0 Å². The summed E-state index contributed by atoms with van der Waals surface area (Å²) in [6.07, 6.45) is 3.50. The standard InChI is InChI=1S/C11H21NO2/c1-10(13)5-6-12(7-10)8-11(3-4-11)9-14-2/h13H,3-9H2,1-2H3. The molecule has 2 aliphatic rings. The fourth-order valence-electron chi connectivity index (χ4n) is 2.48. The lowest BCUT2D eigenvalue weighted by Crippen LogP contribution is -2.34. The molecule has 1 unspecified atom stereocenters. The topological polar surface area (TPSA) is 32.7 Å². The van der Waals surface area contributed by atoms with Gasteiger partial charge in [0.25, 0.3) is 0 Å². The Hall–Kier alpha value is -0.120. The quantitative estimate of drug-likeness (QED) is 0.729. The first-order valence-corrected chi connectivity index (χ1v) is 5.49. The van der Waals surface area contributed by atoms with E-state index in [0.717, 1.165) is 32.7 Å². The molecule has 0 aromatic heterocycles. The van der Waals surface area contributed by atoms with Crippen molar-refractivity contribution in [2.45, 2.75) is 31.8 Å². The van der Waals surface area contributed by atoms with Gasteiger partial charge in [-0.05, 0) is 26.2 Å². The van der Waals surface area contributed by atoms with Gasteiger partial charge in [0, 0.05) is 32.2 Å². The zero-order valence-electron chi connectivity index (χ0n) is 9.25. The van der Waals surface area contributed by atoms with Gasteiger partial charge in [0.15, 0.2) is 0 Å². The molecule has 1 aliphatic heterocycles. The molecule has 2 rings (SSSR count). The van der Waals surface area contributed by atoms with E-state index in [1.54, 1.807) is 7.11 Å². The molecule has 1 saturated carbocycles. The molecule has 1 atom stereocenters. The molecular formula is C11H21NO2. The van der Waals surface area contributed by atoms with Gasteiger partial charge >= 0.3 is 0 Å². The van der Waals surface area contributed by atoms with Crippen molar-refractivity contribution in [2.75, 3.05) is 33.4 Å². The molecule has 3 nitrogen and oxygen atoms in total. The van der Waals surface area contributed by atoms with Crippen LogP contribution in [0.15, 0.2) is 0 Å². The minimum Gasteiger partial charge on any atom is -0.389 e. The van der Waals surface area contributed by atoms with Crippen LogP contribution in [-0.2, 0) is 4.74 Å². The van der Waals surface area contributed by atoms with E-state index in [0.29, 0.717) is 5.41 Å². The Morgan fingerprint density at radius 2 is 2.07 bits per heavy atom. The Balaban J connectivity index is 1.82. The Kier molecular flexibility index (Phi) is 2.58. The third-order valence-electron chi connectivity index (χ3n) is 3.50. The Labute approximate surface area is 86.0 Å². The van der Waals surface area contributed by atoms with Crippen molar-refractivity contribution < 1.29 is 9.84 Å². The van der Waals surface area contributed by atoms with Crippen LogP contribution in [0.3, 0.4) is 0 Å². The maximum atomic E-state index is 9.84. The lowest BCUT2D eigenvalue weighted by atomic mass is 10.1. The normalized spacial score (nSPS) is 36.2. The summed E-state index contributed by atoms with van der Waals surface area (Å²) in [6, 6.07) is 0. The smallest absolute Gasteiger partial charge is 0.0758 e. The fourth-order valence-corrected chi connectivity index (χ4v) is 2.48. The maximum Gasteiger partial charge on any atom is 0.0758 e. The number of hydrogen-bond acceptors (Lipinski definition) is 3. The van der Waals surface area contributed by atoms with Crippen LogP contribution in [0.2, 0.25) is 0 Å². The second-order valence-corrected chi connectivity index (χ2v) is 5.39. The Morgan fingerprint density at radius 3 is 2.50 bits per heavy atom. The molecule has 3 heteroatoms. The van der Waals surface area contributed by atoms with Gasteiger partial charge in [-0.2, -0.15) is 0 Å². The number of ether oxygens (including phenoxy) is 1. The molecule has 1 N–H and O–H groups in total. The number of β-amino-alcohol motifs (C(OH)–C–C–N with tert-alkyl or cyclic N) is 1. The summed E-state index contributed by atoms with van der Waals surface area (Å²) in [5.41, 5.74) is -0.0294. The van der Waals surface area contributed by atoms with Gasteiger partial charge in [0.2, 0.25) is 0 Å². The number of aliphatic hydroxyl groups is 1. The van der Waals surface area contributed by atoms with Crippen LogP contribution in [0.1, 0.15) is 26.2 Å². The highest BCUT2D eigenvalue weighted by Gasteiger charge is 2.45. The molecule has 0 amide bonds. The Bertz CT molecular complexity index is 211. The average molecular weight is 199 g/mol. The van der Waals surface area contributed by atoms with E-state index in [9.17, 15) is 5.11 Å². The first-order valence-electron chi connectivity index (χ1n) is 5.49. The maximum absolute atomic E-state index is 9.84. The lowest BCUT2D eigenvalue weighted by Gasteiger charge is -2.23. The van der Waals surface area contributed by atoms with E-state index in [4.69, 9.17) is 4.74 Å². The van der Waals surface area contributed by atoms with Gasteiger partial charge < -0.3 is 9.84 Å². The first-order chi connectivity index (χ1) is 6.55. The highest BCUT2D eigenvalue weighted by Crippen LogP contribution is 2.47.